The van der Waals surface area contributed by atoms with Crippen molar-refractivity contribution in [1.29, 1.82) is 0 Å². The lowest BCUT2D eigenvalue weighted by Gasteiger charge is -2.20. The molecule has 1 atom stereocenters. The lowest BCUT2D eigenvalue weighted by atomic mass is 10.1. The van der Waals surface area contributed by atoms with E-state index in [1.165, 1.54) is 11.3 Å². The molecule has 2 aromatic heterocycles. The van der Waals surface area contributed by atoms with Crippen LogP contribution in [0.4, 0.5) is 5.13 Å². The highest BCUT2D eigenvalue weighted by Crippen LogP contribution is 2.28. The van der Waals surface area contributed by atoms with Crippen molar-refractivity contribution in [3.05, 3.63) is 75.9 Å². The van der Waals surface area contributed by atoms with Crippen molar-refractivity contribution in [3.8, 4) is 17.0 Å². The standard InChI is InChI=1S/C24H23N3O3S/c1-4-20(27-21-8-6-5-7-18(21)15(2)13-22(27)28)23(29)26-24-25-19(14-31-24)16-9-11-17(30-3)12-10-16/h5-14,20H,4H2,1-3H3,(H,25,26,29). The highest BCUT2D eigenvalue weighted by Gasteiger charge is 2.23. The number of nitrogens with one attached hydrogen (secondary N) is 1. The Bertz CT molecular complexity index is 1290. The number of amides is 1. The number of para-hydroxylation sites is 1. The van der Waals surface area contributed by atoms with E-state index in [4.69, 9.17) is 4.74 Å². The fraction of sp³-hybridized carbons (Fsp3) is 0.208. The molecule has 4 rings (SSSR count). The van der Waals surface area contributed by atoms with Gasteiger partial charge in [0.25, 0.3) is 5.56 Å². The summed E-state index contributed by atoms with van der Waals surface area (Å²) in [7, 11) is 1.62. The summed E-state index contributed by atoms with van der Waals surface area (Å²) in [5.41, 5.74) is 3.18. The van der Waals surface area contributed by atoms with Gasteiger partial charge in [-0.2, -0.15) is 0 Å². The molecule has 31 heavy (non-hydrogen) atoms. The number of benzene rings is 2. The average molecular weight is 434 g/mol. The van der Waals surface area contributed by atoms with Crippen molar-refractivity contribution in [2.45, 2.75) is 26.3 Å². The van der Waals surface area contributed by atoms with Gasteiger partial charge >= 0.3 is 0 Å². The second kappa shape index (κ2) is 8.73. The largest absolute Gasteiger partial charge is 0.497 e. The molecule has 0 aliphatic rings. The van der Waals surface area contributed by atoms with Gasteiger partial charge in [0, 0.05) is 22.4 Å². The highest BCUT2D eigenvalue weighted by molar-refractivity contribution is 7.14. The molecule has 0 radical (unpaired) electrons. The van der Waals surface area contributed by atoms with E-state index in [1.807, 2.05) is 67.8 Å². The van der Waals surface area contributed by atoms with Crippen LogP contribution in [0.15, 0.2) is 64.8 Å². The number of hydrogen-bond acceptors (Lipinski definition) is 5. The Balaban J connectivity index is 1.62. The van der Waals surface area contributed by atoms with Crippen molar-refractivity contribution in [2.75, 3.05) is 12.4 Å². The van der Waals surface area contributed by atoms with Gasteiger partial charge < -0.3 is 10.1 Å². The number of nitrogens with zero attached hydrogens (tertiary/aromatic N) is 2. The van der Waals surface area contributed by atoms with Crippen LogP contribution in [0.3, 0.4) is 0 Å². The first-order valence-electron chi connectivity index (χ1n) is 10.0. The minimum absolute atomic E-state index is 0.184. The molecule has 0 saturated carbocycles. The maximum Gasteiger partial charge on any atom is 0.252 e. The van der Waals surface area contributed by atoms with Crippen molar-refractivity contribution in [3.63, 3.8) is 0 Å². The summed E-state index contributed by atoms with van der Waals surface area (Å²) >= 11 is 1.35. The van der Waals surface area contributed by atoms with Crippen molar-refractivity contribution in [1.82, 2.24) is 9.55 Å². The van der Waals surface area contributed by atoms with E-state index < -0.39 is 6.04 Å². The molecular weight excluding hydrogens is 410 g/mol. The molecule has 0 spiro atoms. The minimum atomic E-state index is -0.633. The molecular formula is C24H23N3O3S. The van der Waals surface area contributed by atoms with Crippen molar-refractivity contribution in [2.24, 2.45) is 0 Å². The van der Waals surface area contributed by atoms with E-state index in [2.05, 4.69) is 10.3 Å². The molecule has 0 fully saturated rings. The SMILES string of the molecule is CCC(C(=O)Nc1nc(-c2ccc(OC)cc2)cs1)n1c(=O)cc(C)c2ccccc21. The second-order valence-corrected chi connectivity index (χ2v) is 8.09. The summed E-state index contributed by atoms with van der Waals surface area (Å²) < 4.78 is 6.77. The van der Waals surface area contributed by atoms with E-state index in [0.717, 1.165) is 33.5 Å². The van der Waals surface area contributed by atoms with Crippen LogP contribution in [0.5, 0.6) is 5.75 Å². The van der Waals surface area contributed by atoms with E-state index >= 15 is 0 Å². The van der Waals surface area contributed by atoms with Gasteiger partial charge in [0.05, 0.1) is 18.3 Å². The van der Waals surface area contributed by atoms with Gasteiger partial charge in [-0.1, -0.05) is 25.1 Å². The number of aryl methyl sites for hydroxylation is 1. The predicted molar refractivity (Wildman–Crippen MR) is 125 cm³/mol. The topological polar surface area (TPSA) is 73.2 Å². The normalized spacial score (nSPS) is 12.0. The molecule has 0 bridgehead atoms. The Hall–Kier alpha value is -3.45. The number of carbonyl (C=O) groups is 1. The summed E-state index contributed by atoms with van der Waals surface area (Å²) in [4.78, 5) is 30.5. The van der Waals surface area contributed by atoms with Crippen LogP contribution in [0, 0.1) is 6.92 Å². The fourth-order valence-electron chi connectivity index (χ4n) is 3.69. The first-order valence-corrected chi connectivity index (χ1v) is 10.9. The molecule has 1 amide bonds. The van der Waals surface area contributed by atoms with Gasteiger partial charge in [0.1, 0.15) is 11.8 Å². The molecule has 158 valence electrons. The zero-order chi connectivity index (χ0) is 22.0. The Morgan fingerprint density at radius 1 is 1.19 bits per heavy atom. The van der Waals surface area contributed by atoms with Crippen LogP contribution in [0.1, 0.15) is 24.9 Å². The molecule has 1 N–H and O–H groups in total. The first-order chi connectivity index (χ1) is 15.0. The maximum atomic E-state index is 13.1. The highest BCUT2D eigenvalue weighted by atomic mass is 32.1. The van der Waals surface area contributed by atoms with E-state index in [-0.39, 0.29) is 11.5 Å². The monoisotopic (exact) mass is 433 g/mol. The van der Waals surface area contributed by atoms with E-state index in [9.17, 15) is 9.59 Å². The zero-order valence-electron chi connectivity index (χ0n) is 17.6. The van der Waals surface area contributed by atoms with Gasteiger partial charge in [-0.15, -0.1) is 11.3 Å². The molecule has 0 aliphatic carbocycles. The number of thiazole rings is 1. The number of hydrogen-bond donors (Lipinski definition) is 1. The Labute approximate surface area is 184 Å². The van der Waals surface area contributed by atoms with Gasteiger partial charge in [-0.25, -0.2) is 4.98 Å². The summed E-state index contributed by atoms with van der Waals surface area (Å²) in [6.45, 7) is 3.81. The summed E-state index contributed by atoms with van der Waals surface area (Å²) in [5, 5.41) is 6.25. The average Bonchev–Trinajstić information content (AvgIpc) is 3.25. The van der Waals surface area contributed by atoms with Gasteiger partial charge in [-0.3, -0.25) is 14.2 Å². The quantitative estimate of drug-likeness (QED) is 0.463. The second-order valence-electron chi connectivity index (χ2n) is 7.23. The van der Waals surface area contributed by atoms with Crippen LogP contribution >= 0.6 is 11.3 Å². The molecule has 1 unspecified atom stereocenters. The minimum Gasteiger partial charge on any atom is -0.497 e. The Morgan fingerprint density at radius 2 is 1.94 bits per heavy atom. The maximum absolute atomic E-state index is 13.1. The van der Waals surface area contributed by atoms with Gasteiger partial charge in [0.2, 0.25) is 5.91 Å². The molecule has 6 nitrogen and oxygen atoms in total. The number of ether oxygens (including phenoxy) is 1. The van der Waals surface area contributed by atoms with Gasteiger partial charge in [-0.05, 0) is 49.2 Å². The molecule has 2 aromatic carbocycles. The Morgan fingerprint density at radius 3 is 2.65 bits per heavy atom. The van der Waals surface area contributed by atoms with Crippen LogP contribution < -0.4 is 15.6 Å². The van der Waals surface area contributed by atoms with Crippen molar-refractivity contribution < 1.29 is 9.53 Å². The van der Waals surface area contributed by atoms with Crippen LogP contribution in [0.25, 0.3) is 22.2 Å². The van der Waals surface area contributed by atoms with Crippen LogP contribution in [-0.4, -0.2) is 22.6 Å². The number of fused-ring (bicyclic) bond motifs is 1. The zero-order valence-corrected chi connectivity index (χ0v) is 18.4. The number of carbonyl (C=O) groups excluding carboxylic acids is 1. The molecule has 0 saturated heterocycles. The Kier molecular flexibility index (Phi) is 5.86. The smallest absolute Gasteiger partial charge is 0.252 e. The molecule has 2 heterocycles. The third-order valence-corrected chi connectivity index (χ3v) is 6.04. The third-order valence-electron chi connectivity index (χ3n) is 5.29. The molecule has 0 aliphatic heterocycles. The van der Waals surface area contributed by atoms with Crippen molar-refractivity contribution >= 4 is 33.3 Å². The summed E-state index contributed by atoms with van der Waals surface area (Å²) in [6, 6.07) is 16.2. The first kappa shape index (κ1) is 20.8. The lowest BCUT2D eigenvalue weighted by molar-refractivity contribution is -0.119. The predicted octanol–water partition coefficient (Wildman–Crippen LogP) is 5.03. The number of anilines is 1. The lowest BCUT2D eigenvalue weighted by Crippen LogP contribution is -2.33. The van der Waals surface area contributed by atoms with Crippen LogP contribution in [-0.2, 0) is 4.79 Å². The molecule has 4 aromatic rings. The molecule has 7 heteroatoms. The number of aromatic nitrogens is 2. The number of rotatable bonds is 6. The summed E-state index contributed by atoms with van der Waals surface area (Å²) in [5.74, 6) is 0.517. The van der Waals surface area contributed by atoms with Gasteiger partial charge in [0.15, 0.2) is 5.13 Å². The third kappa shape index (κ3) is 4.09. The van der Waals surface area contributed by atoms with E-state index in [1.54, 1.807) is 17.7 Å². The van der Waals surface area contributed by atoms with E-state index in [0.29, 0.717) is 11.6 Å². The number of pyridine rings is 1. The fourth-order valence-corrected chi connectivity index (χ4v) is 4.41. The summed E-state index contributed by atoms with van der Waals surface area (Å²) in [6.07, 6.45) is 0.482. The number of methoxy groups -OCH3 is 1. The van der Waals surface area contributed by atoms with Crippen LogP contribution in [0.2, 0.25) is 0 Å².